The van der Waals surface area contributed by atoms with Crippen molar-refractivity contribution in [1.82, 2.24) is 5.01 Å². The Bertz CT molecular complexity index is 107. The third-order valence-corrected chi connectivity index (χ3v) is 0.528. The first kappa shape index (κ1) is 7.14. The lowest BCUT2D eigenvalue weighted by Crippen LogP contribution is -2.06. The summed E-state index contributed by atoms with van der Waals surface area (Å²) in [6.07, 6.45) is 0.722. The third kappa shape index (κ3) is 3.33. The predicted octanol–water partition coefficient (Wildman–Crippen LogP) is 0.123. The zero-order valence-electron chi connectivity index (χ0n) is 5.38. The fourth-order valence-corrected chi connectivity index (χ4v) is 0.339. The molecular weight excluding hydrogens is 104 g/mol. The second-order valence-corrected chi connectivity index (χ2v) is 1.71. The molecule has 3 heteroatoms. The first-order chi connectivity index (χ1) is 3.66. The maximum absolute atomic E-state index is 9.88. The van der Waals surface area contributed by atoms with Gasteiger partial charge in [0.1, 0.15) is 0 Å². The molecule has 0 aliphatic heterocycles. The number of hydrogen-bond donors (Lipinski definition) is 0. The summed E-state index contributed by atoms with van der Waals surface area (Å²) in [6, 6.07) is 0. The zero-order valence-corrected chi connectivity index (χ0v) is 5.38. The summed E-state index contributed by atoms with van der Waals surface area (Å²) in [6.45, 7) is 1.66. The molecule has 0 aromatic carbocycles. The quantitative estimate of drug-likeness (QED) is 0.290. The molecule has 0 fully saturated rings. The second-order valence-electron chi connectivity index (χ2n) is 1.71. The van der Waals surface area contributed by atoms with Crippen molar-refractivity contribution in [2.24, 2.45) is 5.10 Å². The number of carbonyl (C=O) groups excluding carboxylic acids is 1. The highest BCUT2D eigenvalue weighted by molar-refractivity contribution is 6.26. The Kier molecular flexibility index (Phi) is 2.84. The summed E-state index contributed by atoms with van der Waals surface area (Å²) in [5.74, 6) is 0. The second kappa shape index (κ2) is 3.18. The minimum absolute atomic E-state index is 0.495. The summed E-state index contributed by atoms with van der Waals surface area (Å²) in [4.78, 5) is 9.88. The van der Waals surface area contributed by atoms with E-state index in [0.717, 1.165) is 6.29 Å². The van der Waals surface area contributed by atoms with Gasteiger partial charge in [0.15, 0.2) is 6.29 Å². The average Bonchev–Trinajstić information content (AvgIpc) is 1.65. The van der Waals surface area contributed by atoms with Crippen molar-refractivity contribution in [3.05, 3.63) is 0 Å². The first-order valence-electron chi connectivity index (χ1n) is 2.34. The van der Waals surface area contributed by atoms with Crippen LogP contribution in [0.5, 0.6) is 0 Å². The van der Waals surface area contributed by atoms with E-state index >= 15 is 0 Å². The van der Waals surface area contributed by atoms with Crippen molar-refractivity contribution in [3.8, 4) is 0 Å². The Labute approximate surface area is 49.0 Å². The van der Waals surface area contributed by atoms with E-state index in [-0.39, 0.29) is 0 Å². The molecule has 0 amide bonds. The molecule has 0 saturated heterocycles. The van der Waals surface area contributed by atoms with Gasteiger partial charge in [-0.15, -0.1) is 0 Å². The number of hydrogen-bond acceptors (Lipinski definition) is 3. The maximum atomic E-state index is 9.88. The SMILES string of the molecule is CC(C=O)=NN(C)C. The van der Waals surface area contributed by atoms with Gasteiger partial charge in [0, 0.05) is 14.1 Å². The number of rotatable bonds is 2. The van der Waals surface area contributed by atoms with Gasteiger partial charge in [-0.3, -0.25) is 4.79 Å². The largest absolute Gasteiger partial charge is 0.303 e. The standard InChI is InChI=1S/C5H10N2O/c1-5(4-8)6-7(2)3/h4H,1-3H3. The van der Waals surface area contributed by atoms with Crippen molar-refractivity contribution in [2.45, 2.75) is 6.92 Å². The minimum atomic E-state index is 0.495. The van der Waals surface area contributed by atoms with Crippen LogP contribution in [0.15, 0.2) is 5.10 Å². The van der Waals surface area contributed by atoms with E-state index in [1.54, 1.807) is 26.0 Å². The molecule has 0 heterocycles. The van der Waals surface area contributed by atoms with Crippen LogP contribution in [0.4, 0.5) is 0 Å². The van der Waals surface area contributed by atoms with Crippen molar-refractivity contribution in [2.75, 3.05) is 14.1 Å². The molecule has 0 aromatic heterocycles. The minimum Gasteiger partial charge on any atom is -0.303 e. The predicted molar refractivity (Wildman–Crippen MR) is 32.9 cm³/mol. The normalized spacial score (nSPS) is 11.1. The van der Waals surface area contributed by atoms with Crippen LogP contribution in [-0.4, -0.2) is 31.1 Å². The Morgan fingerprint density at radius 3 is 2.25 bits per heavy atom. The third-order valence-electron chi connectivity index (χ3n) is 0.528. The van der Waals surface area contributed by atoms with E-state index in [0.29, 0.717) is 5.71 Å². The Morgan fingerprint density at radius 2 is 2.12 bits per heavy atom. The molecule has 0 saturated carbocycles. The molecule has 0 aromatic rings. The van der Waals surface area contributed by atoms with Crippen LogP contribution in [-0.2, 0) is 4.79 Å². The number of aldehydes is 1. The van der Waals surface area contributed by atoms with Gasteiger partial charge in [0.05, 0.1) is 5.71 Å². The van der Waals surface area contributed by atoms with E-state index < -0.39 is 0 Å². The van der Waals surface area contributed by atoms with Crippen molar-refractivity contribution in [3.63, 3.8) is 0 Å². The van der Waals surface area contributed by atoms with Crippen molar-refractivity contribution < 1.29 is 4.79 Å². The van der Waals surface area contributed by atoms with Gasteiger partial charge >= 0.3 is 0 Å². The van der Waals surface area contributed by atoms with Gasteiger partial charge in [-0.05, 0) is 6.92 Å². The monoisotopic (exact) mass is 114 g/mol. The highest BCUT2D eigenvalue weighted by atomic mass is 16.1. The molecule has 0 rings (SSSR count). The summed E-state index contributed by atoms with van der Waals surface area (Å²) in [7, 11) is 3.54. The summed E-state index contributed by atoms with van der Waals surface area (Å²) in [5.41, 5.74) is 0.495. The Hall–Kier alpha value is -0.860. The number of carbonyl (C=O) groups is 1. The molecule has 0 aliphatic rings. The van der Waals surface area contributed by atoms with E-state index in [9.17, 15) is 4.79 Å². The zero-order chi connectivity index (χ0) is 6.57. The maximum Gasteiger partial charge on any atom is 0.165 e. The van der Waals surface area contributed by atoms with E-state index in [1.807, 2.05) is 0 Å². The molecule has 0 unspecified atom stereocenters. The molecule has 0 spiro atoms. The number of hydrazone groups is 1. The lowest BCUT2D eigenvalue weighted by Gasteiger charge is -2.01. The Balaban J connectivity index is 3.74. The fourth-order valence-electron chi connectivity index (χ4n) is 0.339. The summed E-state index contributed by atoms with van der Waals surface area (Å²) < 4.78 is 0. The van der Waals surface area contributed by atoms with Crippen LogP contribution in [0.2, 0.25) is 0 Å². The molecule has 46 valence electrons. The highest BCUT2D eigenvalue weighted by Crippen LogP contribution is 1.75. The lowest BCUT2D eigenvalue weighted by molar-refractivity contribution is -0.102. The smallest absolute Gasteiger partial charge is 0.165 e. The van der Waals surface area contributed by atoms with E-state index in [2.05, 4.69) is 5.10 Å². The lowest BCUT2D eigenvalue weighted by atomic mass is 10.5. The topological polar surface area (TPSA) is 32.7 Å². The molecule has 0 aliphatic carbocycles. The van der Waals surface area contributed by atoms with Crippen LogP contribution in [0, 0.1) is 0 Å². The number of nitrogens with zero attached hydrogens (tertiary/aromatic N) is 2. The molecule has 0 N–H and O–H groups in total. The molecule has 0 bridgehead atoms. The van der Waals surface area contributed by atoms with Gasteiger partial charge in [0.2, 0.25) is 0 Å². The molecule has 0 atom stereocenters. The van der Waals surface area contributed by atoms with Crippen molar-refractivity contribution >= 4 is 12.0 Å². The van der Waals surface area contributed by atoms with E-state index in [4.69, 9.17) is 0 Å². The molecular formula is C5H10N2O. The fraction of sp³-hybridized carbons (Fsp3) is 0.600. The van der Waals surface area contributed by atoms with Crippen LogP contribution in [0.25, 0.3) is 0 Å². The van der Waals surface area contributed by atoms with E-state index in [1.165, 1.54) is 0 Å². The van der Waals surface area contributed by atoms with Gasteiger partial charge in [-0.25, -0.2) is 0 Å². The summed E-state index contributed by atoms with van der Waals surface area (Å²) >= 11 is 0. The van der Waals surface area contributed by atoms with Gasteiger partial charge in [-0.2, -0.15) is 5.10 Å². The highest BCUT2D eigenvalue weighted by Gasteiger charge is 1.83. The molecule has 0 radical (unpaired) electrons. The van der Waals surface area contributed by atoms with Gasteiger partial charge in [0.25, 0.3) is 0 Å². The average molecular weight is 114 g/mol. The van der Waals surface area contributed by atoms with Gasteiger partial charge < -0.3 is 5.01 Å². The molecule has 8 heavy (non-hydrogen) atoms. The summed E-state index contributed by atoms with van der Waals surface area (Å²) in [5, 5.41) is 5.36. The first-order valence-corrected chi connectivity index (χ1v) is 2.34. The molecule has 3 nitrogen and oxygen atoms in total. The Morgan fingerprint density at radius 1 is 1.62 bits per heavy atom. The van der Waals surface area contributed by atoms with Crippen LogP contribution in [0.3, 0.4) is 0 Å². The van der Waals surface area contributed by atoms with Crippen LogP contribution >= 0.6 is 0 Å². The van der Waals surface area contributed by atoms with Crippen molar-refractivity contribution in [1.29, 1.82) is 0 Å². The van der Waals surface area contributed by atoms with Crippen LogP contribution in [0.1, 0.15) is 6.92 Å². The van der Waals surface area contributed by atoms with Crippen LogP contribution < -0.4 is 0 Å². The van der Waals surface area contributed by atoms with Gasteiger partial charge in [-0.1, -0.05) is 0 Å².